The van der Waals surface area contributed by atoms with Crippen molar-refractivity contribution in [1.29, 1.82) is 0 Å². The Labute approximate surface area is 212 Å². The van der Waals surface area contributed by atoms with Crippen LogP contribution >= 0.6 is 0 Å². The van der Waals surface area contributed by atoms with Gasteiger partial charge in [0.1, 0.15) is 5.82 Å². The highest BCUT2D eigenvalue weighted by molar-refractivity contribution is 7.84. The first-order chi connectivity index (χ1) is 17.2. The molecule has 1 aliphatic heterocycles. The van der Waals surface area contributed by atoms with E-state index in [-0.39, 0.29) is 11.5 Å². The Morgan fingerprint density at radius 3 is 2.78 bits per heavy atom. The van der Waals surface area contributed by atoms with E-state index < -0.39 is 10.3 Å². The summed E-state index contributed by atoms with van der Waals surface area (Å²) in [5.74, 6) is 0.270. The van der Waals surface area contributed by atoms with Crippen LogP contribution in [0.25, 0.3) is 11.3 Å². The fraction of sp³-hybridized carbons (Fsp3) is 0.385. The average molecular weight is 512 g/mol. The number of nitrogens with one attached hydrogen (secondary N) is 1. The molecule has 192 valence electrons. The van der Waals surface area contributed by atoms with Gasteiger partial charge in [0.05, 0.1) is 5.69 Å². The number of phenols is 1. The van der Waals surface area contributed by atoms with E-state index in [1.807, 2.05) is 6.07 Å². The van der Waals surface area contributed by atoms with E-state index in [1.165, 1.54) is 17.7 Å². The third-order valence-corrected chi connectivity index (χ3v) is 6.72. The van der Waals surface area contributed by atoms with Gasteiger partial charge in [-0.2, -0.15) is 13.6 Å². The van der Waals surface area contributed by atoms with E-state index in [0.717, 1.165) is 48.7 Å². The number of aryl methyl sites for hydroxylation is 2. The first-order valence-corrected chi connectivity index (χ1v) is 13.6. The summed E-state index contributed by atoms with van der Waals surface area (Å²) in [6.07, 6.45) is 3.80. The zero-order chi connectivity index (χ0) is 25.7. The summed E-state index contributed by atoms with van der Waals surface area (Å²) < 4.78 is 27.0. The summed E-state index contributed by atoms with van der Waals surface area (Å²) in [6, 6.07) is 16.0. The molecule has 2 atom stereocenters. The zero-order valence-corrected chi connectivity index (χ0v) is 21.4. The van der Waals surface area contributed by atoms with E-state index in [2.05, 4.69) is 57.5 Å². The average Bonchev–Trinajstić information content (AvgIpc) is 2.83. The number of phenolic OH excluding ortho intramolecular Hbond substituents is 1. The van der Waals surface area contributed by atoms with Gasteiger partial charge in [-0.1, -0.05) is 24.3 Å². The number of hydrogen-bond donors (Lipinski definition) is 3. The van der Waals surface area contributed by atoms with Gasteiger partial charge in [0, 0.05) is 49.9 Å². The second kappa shape index (κ2) is 11.3. The van der Waals surface area contributed by atoms with E-state index in [4.69, 9.17) is 10.1 Å². The Balaban J connectivity index is 1.39. The Hall–Kier alpha value is -3.05. The van der Waals surface area contributed by atoms with Crippen LogP contribution in [0.15, 0.2) is 54.7 Å². The highest BCUT2D eigenvalue weighted by Crippen LogP contribution is 2.28. The smallest absolute Gasteiger partial charge is 0.380 e. The minimum atomic E-state index is -4.21. The fourth-order valence-electron chi connectivity index (χ4n) is 4.42. The Morgan fingerprint density at radius 2 is 1.97 bits per heavy atom. The van der Waals surface area contributed by atoms with Gasteiger partial charge in [0.25, 0.3) is 0 Å². The zero-order valence-electron chi connectivity index (χ0n) is 20.6. The molecular weight excluding hydrogens is 478 g/mol. The van der Waals surface area contributed by atoms with Crippen molar-refractivity contribution in [1.82, 2.24) is 20.2 Å². The number of piperazine rings is 1. The van der Waals surface area contributed by atoms with Crippen molar-refractivity contribution in [3.63, 3.8) is 0 Å². The van der Waals surface area contributed by atoms with Crippen molar-refractivity contribution in [3.8, 4) is 22.8 Å². The first-order valence-electron chi connectivity index (χ1n) is 12.1. The third-order valence-electron chi connectivity index (χ3n) is 6.30. The molecule has 0 bridgehead atoms. The minimum Gasteiger partial charge on any atom is -0.504 e. The van der Waals surface area contributed by atoms with Gasteiger partial charge in [0.15, 0.2) is 11.5 Å². The largest absolute Gasteiger partial charge is 0.504 e. The molecule has 9 nitrogen and oxygen atoms in total. The van der Waals surface area contributed by atoms with Gasteiger partial charge in [-0.15, -0.1) is 0 Å². The summed E-state index contributed by atoms with van der Waals surface area (Å²) >= 11 is 0. The fourth-order valence-corrected chi connectivity index (χ4v) is 4.80. The van der Waals surface area contributed by atoms with E-state index in [9.17, 15) is 13.5 Å². The summed E-state index contributed by atoms with van der Waals surface area (Å²) in [6.45, 7) is 7.41. The van der Waals surface area contributed by atoms with Crippen LogP contribution in [0.3, 0.4) is 0 Å². The molecule has 1 aromatic heterocycles. The van der Waals surface area contributed by atoms with Crippen LogP contribution in [0.2, 0.25) is 0 Å². The summed E-state index contributed by atoms with van der Waals surface area (Å²) in [7, 11) is -4.21. The Morgan fingerprint density at radius 1 is 1.14 bits per heavy atom. The maximum absolute atomic E-state index is 11.2. The number of rotatable bonds is 9. The van der Waals surface area contributed by atoms with Crippen LogP contribution in [-0.4, -0.2) is 53.6 Å². The Kier molecular flexibility index (Phi) is 8.20. The minimum absolute atomic E-state index is 0.183. The molecule has 2 aromatic carbocycles. The van der Waals surface area contributed by atoms with Crippen LogP contribution in [0, 0.1) is 0 Å². The van der Waals surface area contributed by atoms with E-state index >= 15 is 0 Å². The third kappa shape index (κ3) is 7.23. The highest BCUT2D eigenvalue weighted by atomic mass is 32.2. The topological polar surface area (TPSA) is 131 Å². The number of aromatic nitrogens is 2. The molecule has 4 N–H and O–H groups in total. The molecule has 0 aliphatic carbocycles. The number of benzene rings is 2. The lowest BCUT2D eigenvalue weighted by atomic mass is 10.0. The van der Waals surface area contributed by atoms with Crippen molar-refractivity contribution < 1.29 is 17.7 Å². The molecule has 10 heteroatoms. The van der Waals surface area contributed by atoms with Crippen LogP contribution in [0.1, 0.15) is 37.2 Å². The first kappa shape index (κ1) is 26.0. The maximum atomic E-state index is 11.2. The molecule has 0 unspecified atom stereocenters. The molecular formula is C26H33N5O4S. The molecule has 4 rings (SSSR count). The normalized spacial score (nSPS) is 18.8. The van der Waals surface area contributed by atoms with Gasteiger partial charge in [-0.3, -0.25) is 4.90 Å². The Bertz CT molecular complexity index is 1300. The highest BCUT2D eigenvalue weighted by Gasteiger charge is 2.22. The van der Waals surface area contributed by atoms with Crippen molar-refractivity contribution in [2.45, 2.75) is 51.7 Å². The molecule has 2 heterocycles. The molecule has 3 aromatic rings. The standard InChI is InChI=1S/C26H33N5O4S/c1-18-16-31(19(2)15-29-18)17-21-6-3-7-22(13-21)23-11-12-28-26(30-23)8-4-5-20-9-10-24(32)25(14-20)35-36(27,33)34/h3,6-7,9-14,18-19,29,32H,4-5,8,15-17H2,1-2H3,(H2,27,33,34)/t18-,19-/m0/s1. The van der Waals surface area contributed by atoms with Crippen LogP contribution in [0.5, 0.6) is 11.5 Å². The number of nitrogens with two attached hydrogens (primary N) is 1. The van der Waals surface area contributed by atoms with Gasteiger partial charge in [-0.25, -0.2) is 9.97 Å². The van der Waals surface area contributed by atoms with E-state index in [0.29, 0.717) is 24.9 Å². The molecule has 0 radical (unpaired) electrons. The van der Waals surface area contributed by atoms with Gasteiger partial charge >= 0.3 is 10.3 Å². The lowest BCUT2D eigenvalue weighted by Gasteiger charge is -2.37. The second-order valence-electron chi connectivity index (χ2n) is 9.38. The number of nitrogens with zero attached hydrogens (tertiary/aromatic N) is 3. The molecule has 0 saturated carbocycles. The maximum Gasteiger partial charge on any atom is 0.380 e. The SMILES string of the molecule is C[C@H]1CN(Cc2cccc(-c3ccnc(CCCc4ccc(O)c(OS(N)(=O)=O)c4)n3)c2)[C@@H](C)CN1. The van der Waals surface area contributed by atoms with Crippen LogP contribution in [-0.2, 0) is 29.7 Å². The molecule has 1 saturated heterocycles. The summed E-state index contributed by atoms with van der Waals surface area (Å²) in [5.41, 5.74) is 4.03. The lowest BCUT2D eigenvalue weighted by molar-refractivity contribution is 0.139. The summed E-state index contributed by atoms with van der Waals surface area (Å²) in [4.78, 5) is 11.7. The lowest BCUT2D eigenvalue weighted by Crippen LogP contribution is -2.53. The van der Waals surface area contributed by atoms with Gasteiger partial charge in [0.2, 0.25) is 0 Å². The van der Waals surface area contributed by atoms with Crippen molar-refractivity contribution in [2.24, 2.45) is 5.14 Å². The molecule has 36 heavy (non-hydrogen) atoms. The summed E-state index contributed by atoms with van der Waals surface area (Å²) in [5, 5.41) is 18.2. The number of aromatic hydroxyl groups is 1. The van der Waals surface area contributed by atoms with E-state index in [1.54, 1.807) is 12.3 Å². The number of hydrogen-bond acceptors (Lipinski definition) is 8. The van der Waals surface area contributed by atoms with Crippen molar-refractivity contribution in [3.05, 3.63) is 71.7 Å². The molecule has 1 aliphatic rings. The van der Waals surface area contributed by atoms with Crippen LogP contribution < -0.4 is 14.6 Å². The second-order valence-corrected chi connectivity index (χ2v) is 10.5. The van der Waals surface area contributed by atoms with Crippen molar-refractivity contribution >= 4 is 10.3 Å². The predicted molar refractivity (Wildman–Crippen MR) is 139 cm³/mol. The molecule has 1 fully saturated rings. The van der Waals surface area contributed by atoms with Crippen molar-refractivity contribution in [2.75, 3.05) is 13.1 Å². The molecule has 0 amide bonds. The molecule has 0 spiro atoms. The van der Waals surface area contributed by atoms with Gasteiger partial charge in [-0.05, 0) is 62.1 Å². The monoisotopic (exact) mass is 511 g/mol. The van der Waals surface area contributed by atoms with Gasteiger partial charge < -0.3 is 14.6 Å². The van der Waals surface area contributed by atoms with Crippen LogP contribution in [0.4, 0.5) is 0 Å². The predicted octanol–water partition coefficient (Wildman–Crippen LogP) is 2.79. The quantitative estimate of drug-likeness (QED) is 0.400.